The summed E-state index contributed by atoms with van der Waals surface area (Å²) < 4.78 is 15.6. The van der Waals surface area contributed by atoms with E-state index in [-0.39, 0.29) is 24.4 Å². The second-order valence-electron chi connectivity index (χ2n) is 4.77. The van der Waals surface area contributed by atoms with E-state index in [0.29, 0.717) is 21.5 Å². The number of nitrogens with zero attached hydrogens (tertiary/aromatic N) is 4. The predicted molar refractivity (Wildman–Crippen MR) is 78.7 cm³/mol. The minimum Gasteiger partial charge on any atom is -0.392 e. The van der Waals surface area contributed by atoms with Crippen LogP contribution in [-0.2, 0) is 13.2 Å². The molecule has 0 amide bonds. The molecule has 5 nitrogen and oxygen atoms in total. The molecule has 1 aromatic carbocycles. The highest BCUT2D eigenvalue weighted by Gasteiger charge is 2.10. The lowest BCUT2D eigenvalue weighted by molar-refractivity contribution is 0.281. The molecule has 0 spiro atoms. The lowest BCUT2D eigenvalue weighted by Crippen LogP contribution is -2.01. The molecule has 2 aromatic heterocycles. The molecule has 1 N–H and O–H groups in total. The van der Waals surface area contributed by atoms with Gasteiger partial charge in [0.15, 0.2) is 5.69 Å². The molecule has 0 aliphatic rings. The predicted octanol–water partition coefficient (Wildman–Crippen LogP) is 2.64. The molecular weight excluding hydrogens is 307 g/mol. The van der Waals surface area contributed by atoms with E-state index in [2.05, 4.69) is 10.1 Å². The van der Waals surface area contributed by atoms with Crippen LogP contribution in [0, 0.1) is 17.1 Å². The molecule has 0 unspecified atom stereocenters. The summed E-state index contributed by atoms with van der Waals surface area (Å²) in [6.07, 6.45) is 2.96. The zero-order chi connectivity index (χ0) is 15.7. The summed E-state index contributed by atoms with van der Waals surface area (Å²) in [6.45, 7) is 0.00254. The van der Waals surface area contributed by atoms with Crippen molar-refractivity contribution >= 4 is 22.5 Å². The molecule has 110 valence electrons. The number of hydrogen-bond acceptors (Lipinski definition) is 4. The van der Waals surface area contributed by atoms with Crippen molar-refractivity contribution in [1.29, 1.82) is 5.26 Å². The SMILES string of the molecule is N#Cc1nn(Cc2cc(F)c3ncc(Cl)cc3c2)cc1CO. The van der Waals surface area contributed by atoms with E-state index < -0.39 is 5.82 Å². The Morgan fingerprint density at radius 1 is 1.36 bits per heavy atom. The van der Waals surface area contributed by atoms with Crippen LogP contribution >= 0.6 is 11.6 Å². The molecule has 0 bridgehead atoms. The van der Waals surface area contributed by atoms with Crippen molar-refractivity contribution in [1.82, 2.24) is 14.8 Å². The van der Waals surface area contributed by atoms with E-state index in [4.69, 9.17) is 22.0 Å². The number of halogens is 2. The Morgan fingerprint density at radius 3 is 2.86 bits per heavy atom. The molecule has 3 aromatic rings. The first kappa shape index (κ1) is 14.4. The number of hydrogen-bond donors (Lipinski definition) is 1. The van der Waals surface area contributed by atoms with E-state index in [9.17, 15) is 4.39 Å². The first-order chi connectivity index (χ1) is 10.6. The maximum atomic E-state index is 14.1. The Morgan fingerprint density at radius 2 is 2.18 bits per heavy atom. The second kappa shape index (κ2) is 5.72. The Balaban J connectivity index is 2.00. The van der Waals surface area contributed by atoms with Gasteiger partial charge in [-0.05, 0) is 23.8 Å². The van der Waals surface area contributed by atoms with E-state index in [1.165, 1.54) is 16.9 Å². The largest absolute Gasteiger partial charge is 0.392 e. The minimum atomic E-state index is -0.445. The highest BCUT2D eigenvalue weighted by atomic mass is 35.5. The highest BCUT2D eigenvalue weighted by molar-refractivity contribution is 6.31. The number of nitriles is 1. The lowest BCUT2D eigenvalue weighted by atomic mass is 10.1. The van der Waals surface area contributed by atoms with Gasteiger partial charge in [0.25, 0.3) is 0 Å². The molecule has 0 fully saturated rings. The van der Waals surface area contributed by atoms with E-state index in [1.54, 1.807) is 18.3 Å². The average molecular weight is 317 g/mol. The number of fused-ring (bicyclic) bond motifs is 1. The number of rotatable bonds is 3. The third kappa shape index (κ3) is 2.64. The van der Waals surface area contributed by atoms with Gasteiger partial charge in [0.2, 0.25) is 0 Å². The van der Waals surface area contributed by atoms with Crippen LogP contribution in [0.4, 0.5) is 4.39 Å². The zero-order valence-corrected chi connectivity index (χ0v) is 12.0. The van der Waals surface area contributed by atoms with Crippen molar-refractivity contribution in [2.45, 2.75) is 13.2 Å². The number of aromatic nitrogens is 3. The van der Waals surface area contributed by atoms with Crippen molar-refractivity contribution < 1.29 is 9.50 Å². The summed E-state index contributed by atoms with van der Waals surface area (Å²) in [5.41, 5.74) is 1.51. The summed E-state index contributed by atoms with van der Waals surface area (Å²) in [4.78, 5) is 3.97. The molecule has 0 saturated carbocycles. The molecule has 0 saturated heterocycles. The number of aliphatic hydroxyl groups excluding tert-OH is 1. The third-order valence-corrected chi connectivity index (χ3v) is 3.43. The van der Waals surface area contributed by atoms with Crippen molar-refractivity contribution in [3.8, 4) is 6.07 Å². The van der Waals surface area contributed by atoms with E-state index >= 15 is 0 Å². The first-order valence-electron chi connectivity index (χ1n) is 6.41. The van der Waals surface area contributed by atoms with Gasteiger partial charge in [-0.25, -0.2) is 4.39 Å². The van der Waals surface area contributed by atoms with Crippen molar-refractivity contribution in [3.05, 3.63) is 58.3 Å². The molecule has 0 atom stereocenters. The highest BCUT2D eigenvalue weighted by Crippen LogP contribution is 2.22. The summed E-state index contributed by atoms with van der Waals surface area (Å²) in [6, 6.07) is 6.68. The maximum Gasteiger partial charge on any atom is 0.167 e. The zero-order valence-electron chi connectivity index (χ0n) is 11.3. The summed E-state index contributed by atoms with van der Waals surface area (Å²) in [5, 5.41) is 23.2. The normalized spacial score (nSPS) is 10.8. The standard InChI is InChI=1S/C15H10ClFN4O/c16-12-3-10-1-9(2-13(17)15(10)19-5-12)6-21-7-11(8-22)14(4-18)20-21/h1-3,5,7,22H,6,8H2. The van der Waals surface area contributed by atoms with Crippen LogP contribution in [0.2, 0.25) is 5.02 Å². The van der Waals surface area contributed by atoms with Gasteiger partial charge in [-0.3, -0.25) is 9.67 Å². The van der Waals surface area contributed by atoms with Crippen LogP contribution in [0.15, 0.2) is 30.6 Å². The fourth-order valence-corrected chi connectivity index (χ4v) is 2.44. The smallest absolute Gasteiger partial charge is 0.167 e. The van der Waals surface area contributed by atoms with E-state index in [0.717, 1.165) is 0 Å². The minimum absolute atomic E-state index is 0.161. The fourth-order valence-electron chi connectivity index (χ4n) is 2.27. The molecule has 22 heavy (non-hydrogen) atoms. The van der Waals surface area contributed by atoms with Crippen LogP contribution in [0.25, 0.3) is 10.9 Å². The van der Waals surface area contributed by atoms with Crippen LogP contribution in [0.3, 0.4) is 0 Å². The van der Waals surface area contributed by atoms with Gasteiger partial charge >= 0.3 is 0 Å². The maximum absolute atomic E-state index is 14.1. The molecule has 0 aliphatic carbocycles. The van der Waals surface area contributed by atoms with Gasteiger partial charge in [0, 0.05) is 23.3 Å². The molecule has 7 heteroatoms. The van der Waals surface area contributed by atoms with Crippen LogP contribution in [-0.4, -0.2) is 19.9 Å². The van der Waals surface area contributed by atoms with Gasteiger partial charge in [0.05, 0.1) is 18.2 Å². The number of pyridine rings is 1. The van der Waals surface area contributed by atoms with Crippen LogP contribution in [0.5, 0.6) is 0 Å². The molecule has 0 radical (unpaired) electrons. The van der Waals surface area contributed by atoms with Crippen molar-refractivity contribution in [3.63, 3.8) is 0 Å². The van der Waals surface area contributed by atoms with Crippen LogP contribution in [0.1, 0.15) is 16.8 Å². The van der Waals surface area contributed by atoms with E-state index in [1.807, 2.05) is 6.07 Å². The number of aliphatic hydroxyl groups is 1. The quantitative estimate of drug-likeness (QED) is 0.806. The molecular formula is C15H10ClFN4O. The van der Waals surface area contributed by atoms with Crippen molar-refractivity contribution in [2.75, 3.05) is 0 Å². The summed E-state index contributed by atoms with van der Waals surface area (Å²) in [5.74, 6) is -0.445. The third-order valence-electron chi connectivity index (χ3n) is 3.22. The Labute approximate surface area is 130 Å². The first-order valence-corrected chi connectivity index (χ1v) is 6.79. The number of benzene rings is 1. The molecule has 2 heterocycles. The Hall–Kier alpha value is -2.49. The average Bonchev–Trinajstić information content (AvgIpc) is 2.88. The van der Waals surface area contributed by atoms with Gasteiger partial charge in [-0.2, -0.15) is 10.4 Å². The second-order valence-corrected chi connectivity index (χ2v) is 5.21. The van der Waals surface area contributed by atoms with Gasteiger partial charge < -0.3 is 5.11 Å². The fraction of sp³-hybridized carbons (Fsp3) is 0.133. The molecule has 3 rings (SSSR count). The monoisotopic (exact) mass is 316 g/mol. The van der Waals surface area contributed by atoms with Crippen molar-refractivity contribution in [2.24, 2.45) is 0 Å². The molecule has 0 aliphatic heterocycles. The Kier molecular flexibility index (Phi) is 3.75. The topological polar surface area (TPSA) is 74.7 Å². The lowest BCUT2D eigenvalue weighted by Gasteiger charge is -2.05. The summed E-state index contributed by atoms with van der Waals surface area (Å²) in [7, 11) is 0. The Bertz CT molecular complexity index is 900. The van der Waals surface area contributed by atoms with Gasteiger partial charge in [-0.1, -0.05) is 11.6 Å². The van der Waals surface area contributed by atoms with Gasteiger partial charge in [0.1, 0.15) is 17.4 Å². The van der Waals surface area contributed by atoms with Crippen LogP contribution < -0.4 is 0 Å². The summed E-state index contributed by atoms with van der Waals surface area (Å²) >= 11 is 5.88. The van der Waals surface area contributed by atoms with Gasteiger partial charge in [-0.15, -0.1) is 0 Å².